The molecule has 2 aromatic rings. The van der Waals surface area contributed by atoms with Gasteiger partial charge in [0.15, 0.2) is 0 Å². The zero-order valence-corrected chi connectivity index (χ0v) is 17.3. The molecule has 5 nitrogen and oxygen atoms in total. The quantitative estimate of drug-likeness (QED) is 0.767. The number of aromatic nitrogens is 1. The number of aryl methyl sites for hydroxylation is 1. The third-order valence-electron chi connectivity index (χ3n) is 5.98. The van der Waals surface area contributed by atoms with Crippen LogP contribution in [-0.2, 0) is 16.0 Å². The molecule has 1 aromatic carbocycles. The van der Waals surface area contributed by atoms with E-state index in [2.05, 4.69) is 11.1 Å². The summed E-state index contributed by atoms with van der Waals surface area (Å²) in [5.41, 5.74) is 1.05. The van der Waals surface area contributed by atoms with Crippen molar-refractivity contribution >= 4 is 33.4 Å². The molecule has 0 aliphatic carbocycles. The molecule has 0 N–H and O–H groups in total. The molecular formula is C22H29N3O2S. The molecule has 0 unspecified atom stereocenters. The van der Waals surface area contributed by atoms with Crippen molar-refractivity contribution in [3.05, 3.63) is 29.3 Å². The minimum atomic E-state index is 0.116. The molecule has 2 fully saturated rings. The van der Waals surface area contributed by atoms with Crippen LogP contribution in [0.15, 0.2) is 24.3 Å². The van der Waals surface area contributed by atoms with Crippen LogP contribution in [0.3, 0.4) is 0 Å². The smallest absolute Gasteiger partial charge is 0.225 e. The van der Waals surface area contributed by atoms with Gasteiger partial charge in [-0.2, -0.15) is 0 Å². The number of piperidine rings is 2. The summed E-state index contributed by atoms with van der Waals surface area (Å²) in [4.78, 5) is 33.9. The zero-order valence-electron chi connectivity index (χ0n) is 16.4. The minimum Gasteiger partial charge on any atom is -0.343 e. The van der Waals surface area contributed by atoms with E-state index in [-0.39, 0.29) is 11.8 Å². The molecule has 1 aromatic heterocycles. The monoisotopic (exact) mass is 399 g/mol. The minimum absolute atomic E-state index is 0.116. The number of nitrogens with zero attached hydrogens (tertiary/aromatic N) is 3. The van der Waals surface area contributed by atoms with Gasteiger partial charge in [-0.25, -0.2) is 4.98 Å². The van der Waals surface area contributed by atoms with E-state index in [1.54, 1.807) is 11.3 Å². The number of fused-ring (bicyclic) bond motifs is 1. The lowest BCUT2D eigenvalue weighted by atomic mass is 9.94. The summed E-state index contributed by atoms with van der Waals surface area (Å²) in [5, 5.41) is 1.11. The number of amides is 2. The third-order valence-corrected chi connectivity index (χ3v) is 7.08. The van der Waals surface area contributed by atoms with Crippen molar-refractivity contribution in [3.63, 3.8) is 0 Å². The van der Waals surface area contributed by atoms with E-state index < -0.39 is 0 Å². The van der Waals surface area contributed by atoms with Crippen LogP contribution < -0.4 is 0 Å². The number of hydrogen-bond donors (Lipinski definition) is 0. The highest BCUT2D eigenvalue weighted by Gasteiger charge is 2.30. The van der Waals surface area contributed by atoms with Crippen LogP contribution in [0.4, 0.5) is 0 Å². The fourth-order valence-electron chi connectivity index (χ4n) is 4.32. The van der Waals surface area contributed by atoms with Gasteiger partial charge in [0.25, 0.3) is 0 Å². The second kappa shape index (κ2) is 9.03. The van der Waals surface area contributed by atoms with Crippen molar-refractivity contribution in [2.75, 3.05) is 26.2 Å². The van der Waals surface area contributed by atoms with Crippen LogP contribution in [0.25, 0.3) is 10.2 Å². The van der Waals surface area contributed by atoms with Gasteiger partial charge in [0.1, 0.15) is 0 Å². The van der Waals surface area contributed by atoms with E-state index in [4.69, 9.17) is 0 Å². The number of carbonyl (C=O) groups excluding carboxylic acids is 2. The molecule has 2 aliphatic heterocycles. The van der Waals surface area contributed by atoms with Gasteiger partial charge < -0.3 is 9.80 Å². The van der Waals surface area contributed by atoms with Gasteiger partial charge in [-0.05, 0) is 57.1 Å². The molecule has 0 saturated carbocycles. The van der Waals surface area contributed by atoms with E-state index >= 15 is 0 Å². The molecule has 2 aliphatic rings. The van der Waals surface area contributed by atoms with Crippen molar-refractivity contribution in [1.29, 1.82) is 0 Å². The molecule has 28 heavy (non-hydrogen) atoms. The van der Waals surface area contributed by atoms with Crippen LogP contribution >= 0.6 is 11.3 Å². The lowest BCUT2D eigenvalue weighted by Gasteiger charge is -2.35. The largest absolute Gasteiger partial charge is 0.343 e. The van der Waals surface area contributed by atoms with Crippen LogP contribution in [0.1, 0.15) is 50.0 Å². The summed E-state index contributed by atoms with van der Waals surface area (Å²) in [6.07, 6.45) is 7.42. The lowest BCUT2D eigenvalue weighted by Crippen LogP contribution is -2.45. The SMILES string of the molecule is O=C(CCCc1nc2ccccc2s1)N1CCC(C(=O)N2CCCCC2)CC1. The first kappa shape index (κ1) is 19.4. The highest BCUT2D eigenvalue weighted by Crippen LogP contribution is 2.24. The molecule has 2 amide bonds. The van der Waals surface area contributed by atoms with Crippen LogP contribution in [0.2, 0.25) is 0 Å². The predicted molar refractivity (Wildman–Crippen MR) is 112 cm³/mol. The van der Waals surface area contributed by atoms with Gasteiger partial charge in [0, 0.05) is 38.5 Å². The van der Waals surface area contributed by atoms with Gasteiger partial charge in [-0.3, -0.25) is 9.59 Å². The van der Waals surface area contributed by atoms with Crippen molar-refractivity contribution in [1.82, 2.24) is 14.8 Å². The molecule has 6 heteroatoms. The molecule has 150 valence electrons. The summed E-state index contributed by atoms with van der Waals surface area (Å²) in [6, 6.07) is 8.18. The summed E-state index contributed by atoms with van der Waals surface area (Å²) in [6.45, 7) is 3.29. The van der Waals surface area contributed by atoms with Crippen LogP contribution in [0.5, 0.6) is 0 Å². The number of likely N-dealkylation sites (tertiary alicyclic amines) is 2. The Morgan fingerprint density at radius 1 is 1.00 bits per heavy atom. The first-order chi connectivity index (χ1) is 13.7. The number of hydrogen-bond acceptors (Lipinski definition) is 4. The van der Waals surface area contributed by atoms with Gasteiger partial charge in [-0.15, -0.1) is 11.3 Å². The Kier molecular flexibility index (Phi) is 6.25. The molecule has 0 bridgehead atoms. The Morgan fingerprint density at radius 2 is 1.75 bits per heavy atom. The molecular weight excluding hydrogens is 370 g/mol. The zero-order chi connectivity index (χ0) is 19.3. The summed E-state index contributed by atoms with van der Waals surface area (Å²) in [5.74, 6) is 0.664. The molecule has 0 radical (unpaired) electrons. The Labute approximate surface area is 170 Å². The maximum atomic E-state index is 12.6. The Balaban J connectivity index is 1.20. The number of carbonyl (C=O) groups is 2. The van der Waals surface area contributed by atoms with E-state index in [9.17, 15) is 9.59 Å². The van der Waals surface area contributed by atoms with Crippen LogP contribution in [-0.4, -0.2) is 52.8 Å². The maximum absolute atomic E-state index is 12.6. The fourth-order valence-corrected chi connectivity index (χ4v) is 5.33. The van der Waals surface area contributed by atoms with Crippen molar-refractivity contribution in [3.8, 4) is 0 Å². The second-order valence-corrected chi connectivity index (χ2v) is 9.09. The number of rotatable bonds is 5. The summed E-state index contributed by atoms with van der Waals surface area (Å²) in [7, 11) is 0. The molecule has 3 heterocycles. The van der Waals surface area contributed by atoms with Gasteiger partial charge in [0.2, 0.25) is 11.8 Å². The van der Waals surface area contributed by atoms with Gasteiger partial charge in [0.05, 0.1) is 15.2 Å². The van der Waals surface area contributed by atoms with E-state index in [1.807, 2.05) is 28.0 Å². The maximum Gasteiger partial charge on any atom is 0.225 e. The highest BCUT2D eigenvalue weighted by atomic mass is 32.1. The number of para-hydroxylation sites is 1. The topological polar surface area (TPSA) is 53.5 Å². The molecule has 0 atom stereocenters. The fraction of sp³-hybridized carbons (Fsp3) is 0.591. The normalized spacial score (nSPS) is 18.6. The summed E-state index contributed by atoms with van der Waals surface area (Å²) >= 11 is 1.72. The van der Waals surface area contributed by atoms with E-state index in [0.717, 1.165) is 75.2 Å². The standard InChI is InChI=1S/C22H29N3O2S/c26-21(10-6-9-20-23-18-7-2-3-8-19(18)28-20)24-15-11-17(12-16-24)22(27)25-13-4-1-5-14-25/h2-3,7-8,17H,1,4-6,9-16H2. The highest BCUT2D eigenvalue weighted by molar-refractivity contribution is 7.18. The predicted octanol–water partition coefficient (Wildman–Crippen LogP) is 3.87. The Morgan fingerprint density at radius 3 is 2.50 bits per heavy atom. The van der Waals surface area contributed by atoms with Gasteiger partial charge in [-0.1, -0.05) is 12.1 Å². The Hall–Kier alpha value is -1.95. The van der Waals surface area contributed by atoms with E-state index in [0.29, 0.717) is 12.3 Å². The van der Waals surface area contributed by atoms with Crippen molar-refractivity contribution in [2.45, 2.75) is 51.4 Å². The third kappa shape index (κ3) is 4.54. The van der Waals surface area contributed by atoms with Crippen molar-refractivity contribution < 1.29 is 9.59 Å². The average Bonchev–Trinajstić information content (AvgIpc) is 3.16. The Bertz CT molecular complexity index is 787. The summed E-state index contributed by atoms with van der Waals surface area (Å²) < 4.78 is 1.21. The van der Waals surface area contributed by atoms with Crippen LogP contribution in [0, 0.1) is 5.92 Å². The van der Waals surface area contributed by atoms with E-state index in [1.165, 1.54) is 11.1 Å². The average molecular weight is 400 g/mol. The molecule has 2 saturated heterocycles. The lowest BCUT2D eigenvalue weighted by molar-refractivity contribution is -0.141. The van der Waals surface area contributed by atoms with Crippen molar-refractivity contribution in [2.24, 2.45) is 5.92 Å². The second-order valence-electron chi connectivity index (χ2n) is 7.97. The number of thiazole rings is 1. The molecule has 4 rings (SSSR count). The van der Waals surface area contributed by atoms with Gasteiger partial charge >= 0.3 is 0 Å². The first-order valence-corrected chi connectivity index (χ1v) is 11.4. The molecule has 0 spiro atoms. The first-order valence-electron chi connectivity index (χ1n) is 10.6. The number of benzene rings is 1.